The summed E-state index contributed by atoms with van der Waals surface area (Å²) in [5, 5.41) is 8.66. The zero-order valence-electron chi connectivity index (χ0n) is 10.9. The Balaban J connectivity index is 2.08. The van der Waals surface area contributed by atoms with Gasteiger partial charge in [0.15, 0.2) is 0 Å². The van der Waals surface area contributed by atoms with Gasteiger partial charge in [0, 0.05) is 24.7 Å². The molecule has 0 aliphatic carbocycles. The highest BCUT2D eigenvalue weighted by molar-refractivity contribution is 5.67. The van der Waals surface area contributed by atoms with E-state index in [2.05, 4.69) is 30.1 Å². The smallest absolute Gasteiger partial charge is 0.303 e. The molecule has 3 nitrogen and oxygen atoms in total. The van der Waals surface area contributed by atoms with E-state index in [0.29, 0.717) is 12.3 Å². The average molecular weight is 255 g/mol. The van der Waals surface area contributed by atoms with Crippen LogP contribution in [-0.2, 0) is 11.2 Å². The average Bonchev–Trinajstić information content (AvgIpc) is 2.46. The Morgan fingerprint density at radius 2 is 1.95 bits per heavy atom. The normalized spacial score (nSPS) is 12.1. The van der Waals surface area contributed by atoms with E-state index in [1.165, 1.54) is 11.1 Å². The summed E-state index contributed by atoms with van der Waals surface area (Å²) in [4.78, 5) is 14.7. The number of aryl methyl sites for hydroxylation is 1. The summed E-state index contributed by atoms with van der Waals surface area (Å²) >= 11 is 0. The molecule has 3 heteroatoms. The molecule has 0 aliphatic rings. The van der Waals surface area contributed by atoms with Gasteiger partial charge in [-0.05, 0) is 29.2 Å². The maximum Gasteiger partial charge on any atom is 0.303 e. The zero-order chi connectivity index (χ0) is 13.7. The maximum absolute atomic E-state index is 10.5. The number of carbonyl (C=O) groups is 1. The maximum atomic E-state index is 10.5. The molecular formula is C16H17NO2. The third kappa shape index (κ3) is 3.65. The first-order chi connectivity index (χ1) is 9.16. The minimum Gasteiger partial charge on any atom is -0.481 e. The Morgan fingerprint density at radius 1 is 1.21 bits per heavy atom. The van der Waals surface area contributed by atoms with Crippen molar-refractivity contribution in [2.24, 2.45) is 0 Å². The molecule has 0 aliphatic heterocycles. The van der Waals surface area contributed by atoms with Gasteiger partial charge in [-0.1, -0.05) is 37.3 Å². The third-order valence-electron chi connectivity index (χ3n) is 3.29. The number of pyridine rings is 1. The molecule has 0 saturated heterocycles. The molecule has 1 N–H and O–H groups in total. The molecule has 98 valence electrons. The fourth-order valence-electron chi connectivity index (χ4n) is 2.05. The van der Waals surface area contributed by atoms with E-state index < -0.39 is 5.97 Å². The number of rotatable bonds is 5. The first kappa shape index (κ1) is 13.3. The SMILES string of the molecule is CC(c1ccc(CCC(=O)O)cc1)c1cccnc1. The summed E-state index contributed by atoms with van der Waals surface area (Å²) < 4.78 is 0. The van der Waals surface area contributed by atoms with Crippen molar-refractivity contribution in [2.75, 3.05) is 0 Å². The van der Waals surface area contributed by atoms with Crippen molar-refractivity contribution in [1.29, 1.82) is 0 Å². The van der Waals surface area contributed by atoms with Crippen molar-refractivity contribution in [3.63, 3.8) is 0 Å². The van der Waals surface area contributed by atoms with E-state index in [1.54, 1.807) is 6.20 Å². The second-order valence-electron chi connectivity index (χ2n) is 4.64. The summed E-state index contributed by atoms with van der Waals surface area (Å²) in [6.45, 7) is 2.14. The fourth-order valence-corrected chi connectivity index (χ4v) is 2.05. The van der Waals surface area contributed by atoms with Crippen molar-refractivity contribution in [3.8, 4) is 0 Å². The molecule has 19 heavy (non-hydrogen) atoms. The molecule has 0 radical (unpaired) electrons. The quantitative estimate of drug-likeness (QED) is 0.892. The van der Waals surface area contributed by atoms with Crippen LogP contribution >= 0.6 is 0 Å². The van der Waals surface area contributed by atoms with Gasteiger partial charge in [-0.25, -0.2) is 0 Å². The predicted octanol–water partition coefficient (Wildman–Crippen LogP) is 3.25. The number of aliphatic carboxylic acids is 1. The standard InChI is InChI=1S/C16H17NO2/c1-12(15-3-2-10-17-11-15)14-7-4-13(5-8-14)6-9-16(18)19/h2-5,7-8,10-12H,6,9H2,1H3,(H,18,19). The van der Waals surface area contributed by atoms with E-state index in [4.69, 9.17) is 5.11 Å². The number of nitrogens with zero attached hydrogens (tertiary/aromatic N) is 1. The number of hydrogen-bond donors (Lipinski definition) is 1. The summed E-state index contributed by atoms with van der Waals surface area (Å²) in [5.41, 5.74) is 3.46. The van der Waals surface area contributed by atoms with E-state index in [9.17, 15) is 4.79 Å². The van der Waals surface area contributed by atoms with Crippen LogP contribution in [0.3, 0.4) is 0 Å². The third-order valence-corrected chi connectivity index (χ3v) is 3.29. The van der Waals surface area contributed by atoms with Crippen molar-refractivity contribution in [1.82, 2.24) is 4.98 Å². The molecule has 1 unspecified atom stereocenters. The van der Waals surface area contributed by atoms with Crippen molar-refractivity contribution in [3.05, 3.63) is 65.5 Å². The Labute approximate surface area is 112 Å². The topological polar surface area (TPSA) is 50.2 Å². The number of benzene rings is 1. The van der Waals surface area contributed by atoms with Crippen LogP contribution < -0.4 is 0 Å². The number of aromatic nitrogens is 1. The number of carboxylic acid groups (broad SMARTS) is 1. The largest absolute Gasteiger partial charge is 0.481 e. The van der Waals surface area contributed by atoms with Crippen LogP contribution in [0, 0.1) is 0 Å². The van der Waals surface area contributed by atoms with Crippen LogP contribution in [0.4, 0.5) is 0 Å². The van der Waals surface area contributed by atoms with E-state index >= 15 is 0 Å². The summed E-state index contributed by atoms with van der Waals surface area (Å²) in [6.07, 6.45) is 4.41. The Morgan fingerprint density at radius 3 is 2.53 bits per heavy atom. The van der Waals surface area contributed by atoms with Gasteiger partial charge in [-0.3, -0.25) is 9.78 Å². The van der Waals surface area contributed by atoms with Gasteiger partial charge < -0.3 is 5.11 Å². The highest BCUT2D eigenvalue weighted by Crippen LogP contribution is 2.23. The molecular weight excluding hydrogens is 238 g/mol. The molecule has 1 atom stereocenters. The molecule has 1 aromatic carbocycles. The van der Waals surface area contributed by atoms with E-state index in [-0.39, 0.29) is 6.42 Å². The van der Waals surface area contributed by atoms with Gasteiger partial charge in [-0.2, -0.15) is 0 Å². The van der Waals surface area contributed by atoms with Gasteiger partial charge in [0.2, 0.25) is 0 Å². The lowest BCUT2D eigenvalue weighted by Crippen LogP contribution is -1.99. The molecule has 1 heterocycles. The lowest BCUT2D eigenvalue weighted by molar-refractivity contribution is -0.136. The summed E-state index contributed by atoms with van der Waals surface area (Å²) in [5.74, 6) is -0.463. The van der Waals surface area contributed by atoms with Crippen molar-refractivity contribution in [2.45, 2.75) is 25.7 Å². The number of carboxylic acids is 1. The highest BCUT2D eigenvalue weighted by atomic mass is 16.4. The van der Waals surface area contributed by atoms with Crippen LogP contribution in [0.15, 0.2) is 48.8 Å². The van der Waals surface area contributed by atoms with Crippen LogP contribution in [0.5, 0.6) is 0 Å². The lowest BCUT2D eigenvalue weighted by Gasteiger charge is -2.12. The second-order valence-corrected chi connectivity index (χ2v) is 4.64. The minimum atomic E-state index is -0.757. The fraction of sp³-hybridized carbons (Fsp3) is 0.250. The van der Waals surface area contributed by atoms with E-state index in [0.717, 1.165) is 5.56 Å². The highest BCUT2D eigenvalue weighted by Gasteiger charge is 2.08. The molecule has 2 aromatic rings. The molecule has 1 aromatic heterocycles. The number of hydrogen-bond acceptors (Lipinski definition) is 2. The van der Waals surface area contributed by atoms with Gasteiger partial charge in [-0.15, -0.1) is 0 Å². The molecule has 0 bridgehead atoms. The second kappa shape index (κ2) is 6.14. The van der Waals surface area contributed by atoms with Gasteiger partial charge in [0.05, 0.1) is 0 Å². The van der Waals surface area contributed by atoms with Crippen LogP contribution in [0.2, 0.25) is 0 Å². The Hall–Kier alpha value is -2.16. The Kier molecular flexibility index (Phi) is 4.29. The minimum absolute atomic E-state index is 0.178. The molecule has 0 spiro atoms. The lowest BCUT2D eigenvalue weighted by atomic mass is 9.93. The Bertz CT molecular complexity index is 534. The van der Waals surface area contributed by atoms with Crippen molar-refractivity contribution >= 4 is 5.97 Å². The molecule has 0 saturated carbocycles. The van der Waals surface area contributed by atoms with Gasteiger partial charge in [0.1, 0.15) is 0 Å². The summed E-state index contributed by atoms with van der Waals surface area (Å²) in [7, 11) is 0. The molecule has 2 rings (SSSR count). The van der Waals surface area contributed by atoms with Crippen LogP contribution in [0.1, 0.15) is 36.0 Å². The molecule has 0 amide bonds. The van der Waals surface area contributed by atoms with E-state index in [1.807, 2.05) is 24.4 Å². The van der Waals surface area contributed by atoms with Gasteiger partial charge >= 0.3 is 5.97 Å². The van der Waals surface area contributed by atoms with Gasteiger partial charge in [0.25, 0.3) is 0 Å². The molecule has 0 fully saturated rings. The van der Waals surface area contributed by atoms with Crippen LogP contribution in [0.25, 0.3) is 0 Å². The van der Waals surface area contributed by atoms with Crippen molar-refractivity contribution < 1.29 is 9.90 Å². The first-order valence-electron chi connectivity index (χ1n) is 6.37. The predicted molar refractivity (Wildman–Crippen MR) is 74.2 cm³/mol. The summed E-state index contributed by atoms with van der Waals surface area (Å²) in [6, 6.07) is 12.1. The van der Waals surface area contributed by atoms with Crippen LogP contribution in [-0.4, -0.2) is 16.1 Å². The first-order valence-corrected chi connectivity index (χ1v) is 6.37. The monoisotopic (exact) mass is 255 g/mol. The zero-order valence-corrected chi connectivity index (χ0v) is 10.9.